The molecule has 1 heterocycles. The third-order valence-corrected chi connectivity index (χ3v) is 1.08. The van der Waals surface area contributed by atoms with E-state index in [2.05, 4.69) is 15.9 Å². The van der Waals surface area contributed by atoms with Crippen molar-refractivity contribution in [2.75, 3.05) is 0 Å². The molecule has 42 valence electrons. The third kappa shape index (κ3) is 1.20. The van der Waals surface area contributed by atoms with E-state index in [9.17, 15) is 4.79 Å². The standard InChI is InChI=1S/C5H3BrO2/c6-5-3-4(7)1-2-8-5/h1-3H. The summed E-state index contributed by atoms with van der Waals surface area (Å²) in [6.07, 6.45) is 1.34. The van der Waals surface area contributed by atoms with E-state index in [1.165, 1.54) is 18.4 Å². The van der Waals surface area contributed by atoms with Crippen LogP contribution in [0.5, 0.6) is 0 Å². The molecule has 0 unspecified atom stereocenters. The lowest BCUT2D eigenvalue weighted by atomic mass is 10.5. The second-order valence-corrected chi connectivity index (χ2v) is 2.05. The Labute approximate surface area is 54.3 Å². The lowest BCUT2D eigenvalue weighted by molar-refractivity contribution is 0.521. The summed E-state index contributed by atoms with van der Waals surface area (Å²) in [6.45, 7) is 0. The molecule has 3 heteroatoms. The molecule has 0 aliphatic heterocycles. The Bertz CT molecular complexity index is 228. The van der Waals surface area contributed by atoms with E-state index < -0.39 is 0 Å². The minimum Gasteiger partial charge on any atom is -0.457 e. The number of rotatable bonds is 0. The molecular formula is C5H3BrO2. The van der Waals surface area contributed by atoms with Crippen LogP contribution in [-0.2, 0) is 0 Å². The Balaban J connectivity index is 3.28. The Kier molecular flexibility index (Phi) is 1.48. The zero-order chi connectivity index (χ0) is 5.98. The molecule has 1 aromatic heterocycles. The maximum Gasteiger partial charge on any atom is 0.185 e. The lowest BCUT2D eigenvalue weighted by Gasteiger charge is -1.81. The summed E-state index contributed by atoms with van der Waals surface area (Å²) in [7, 11) is 0. The van der Waals surface area contributed by atoms with Crippen molar-refractivity contribution in [3.05, 3.63) is 33.3 Å². The van der Waals surface area contributed by atoms with Crippen molar-refractivity contribution < 1.29 is 4.42 Å². The summed E-state index contributed by atoms with van der Waals surface area (Å²) in [4.78, 5) is 10.4. The fourth-order valence-electron chi connectivity index (χ4n) is 0.360. The second-order valence-electron chi connectivity index (χ2n) is 1.27. The predicted molar refractivity (Wildman–Crippen MR) is 32.7 cm³/mol. The van der Waals surface area contributed by atoms with Crippen LogP contribution < -0.4 is 5.43 Å². The van der Waals surface area contributed by atoms with Crippen LogP contribution >= 0.6 is 15.9 Å². The van der Waals surface area contributed by atoms with Crippen LogP contribution in [0, 0.1) is 0 Å². The van der Waals surface area contributed by atoms with E-state index in [1.807, 2.05) is 0 Å². The molecule has 0 amide bonds. The largest absolute Gasteiger partial charge is 0.457 e. The Morgan fingerprint density at radius 3 is 2.75 bits per heavy atom. The Hall–Kier alpha value is -0.570. The van der Waals surface area contributed by atoms with Crippen molar-refractivity contribution in [1.82, 2.24) is 0 Å². The van der Waals surface area contributed by atoms with Gasteiger partial charge in [-0.25, -0.2) is 0 Å². The van der Waals surface area contributed by atoms with Gasteiger partial charge in [-0.3, -0.25) is 4.79 Å². The molecule has 0 aliphatic carbocycles. The van der Waals surface area contributed by atoms with Gasteiger partial charge >= 0.3 is 0 Å². The highest BCUT2D eigenvalue weighted by atomic mass is 79.9. The van der Waals surface area contributed by atoms with E-state index in [0.29, 0.717) is 4.67 Å². The first-order valence-corrected chi connectivity index (χ1v) is 2.83. The summed E-state index contributed by atoms with van der Waals surface area (Å²) in [5, 5.41) is 0. The Morgan fingerprint density at radius 1 is 1.62 bits per heavy atom. The van der Waals surface area contributed by atoms with Crippen molar-refractivity contribution in [1.29, 1.82) is 0 Å². The molecule has 2 nitrogen and oxygen atoms in total. The highest BCUT2D eigenvalue weighted by Gasteiger charge is 1.84. The zero-order valence-electron chi connectivity index (χ0n) is 3.93. The first-order chi connectivity index (χ1) is 3.79. The molecule has 0 saturated carbocycles. The topological polar surface area (TPSA) is 30.2 Å². The molecule has 0 bridgehead atoms. The van der Waals surface area contributed by atoms with Gasteiger partial charge in [0.25, 0.3) is 0 Å². The monoisotopic (exact) mass is 174 g/mol. The van der Waals surface area contributed by atoms with E-state index in [4.69, 9.17) is 4.42 Å². The van der Waals surface area contributed by atoms with Gasteiger partial charge in [-0.05, 0) is 15.9 Å². The average Bonchev–Trinajstić information content (AvgIpc) is 1.64. The molecule has 0 spiro atoms. The van der Waals surface area contributed by atoms with E-state index in [0.717, 1.165) is 0 Å². The van der Waals surface area contributed by atoms with Crippen molar-refractivity contribution >= 4 is 15.9 Å². The first-order valence-electron chi connectivity index (χ1n) is 2.03. The van der Waals surface area contributed by atoms with E-state index in [-0.39, 0.29) is 5.43 Å². The molecule has 0 aromatic carbocycles. The molecule has 8 heavy (non-hydrogen) atoms. The molecule has 1 aromatic rings. The molecule has 0 saturated heterocycles. The summed E-state index contributed by atoms with van der Waals surface area (Å²) in [5.74, 6) is 0. The number of halogens is 1. The normalized spacial score (nSPS) is 9.12. The number of hydrogen-bond acceptors (Lipinski definition) is 2. The fourth-order valence-corrected chi connectivity index (χ4v) is 0.694. The SMILES string of the molecule is O=c1ccoc(Br)c1. The van der Waals surface area contributed by atoms with Crippen molar-refractivity contribution in [3.63, 3.8) is 0 Å². The molecule has 0 fully saturated rings. The molecule has 0 aliphatic rings. The minimum atomic E-state index is -0.0527. The van der Waals surface area contributed by atoms with Crippen LogP contribution in [0.25, 0.3) is 0 Å². The lowest BCUT2D eigenvalue weighted by Crippen LogP contribution is -1.92. The third-order valence-electron chi connectivity index (χ3n) is 0.669. The first kappa shape index (κ1) is 5.56. The summed E-state index contributed by atoms with van der Waals surface area (Å²) < 4.78 is 5.19. The van der Waals surface area contributed by atoms with Crippen LogP contribution in [0.3, 0.4) is 0 Å². The van der Waals surface area contributed by atoms with Gasteiger partial charge in [0.05, 0.1) is 6.26 Å². The van der Waals surface area contributed by atoms with Crippen LogP contribution in [0.1, 0.15) is 0 Å². The van der Waals surface area contributed by atoms with Gasteiger partial charge in [-0.1, -0.05) is 0 Å². The molecule has 1 rings (SSSR count). The summed E-state index contributed by atoms with van der Waals surface area (Å²) in [6, 6.07) is 2.71. The second kappa shape index (κ2) is 2.13. The van der Waals surface area contributed by atoms with Crippen LogP contribution in [0.2, 0.25) is 0 Å². The maximum absolute atomic E-state index is 10.4. The van der Waals surface area contributed by atoms with Gasteiger partial charge in [-0.2, -0.15) is 0 Å². The quantitative estimate of drug-likeness (QED) is 0.596. The van der Waals surface area contributed by atoms with Crippen molar-refractivity contribution in [2.24, 2.45) is 0 Å². The average molecular weight is 175 g/mol. The zero-order valence-corrected chi connectivity index (χ0v) is 5.51. The van der Waals surface area contributed by atoms with Gasteiger partial charge in [0.2, 0.25) is 0 Å². The summed E-state index contributed by atoms with van der Waals surface area (Å²) >= 11 is 3.00. The predicted octanol–water partition coefficient (Wildman–Crippen LogP) is 1.40. The smallest absolute Gasteiger partial charge is 0.185 e. The summed E-state index contributed by atoms with van der Waals surface area (Å²) in [5.41, 5.74) is -0.0527. The molecular weight excluding hydrogens is 172 g/mol. The van der Waals surface area contributed by atoms with Crippen molar-refractivity contribution in [3.8, 4) is 0 Å². The fraction of sp³-hybridized carbons (Fsp3) is 0. The molecule has 0 N–H and O–H groups in total. The molecule has 0 radical (unpaired) electrons. The maximum atomic E-state index is 10.4. The highest BCUT2D eigenvalue weighted by molar-refractivity contribution is 9.10. The van der Waals surface area contributed by atoms with Gasteiger partial charge in [0.1, 0.15) is 0 Å². The van der Waals surface area contributed by atoms with Crippen LogP contribution in [0.4, 0.5) is 0 Å². The van der Waals surface area contributed by atoms with Gasteiger partial charge in [0, 0.05) is 12.1 Å². The minimum absolute atomic E-state index is 0.0527. The van der Waals surface area contributed by atoms with E-state index in [1.54, 1.807) is 0 Å². The van der Waals surface area contributed by atoms with Gasteiger partial charge < -0.3 is 4.42 Å². The van der Waals surface area contributed by atoms with Crippen LogP contribution in [-0.4, -0.2) is 0 Å². The van der Waals surface area contributed by atoms with Gasteiger partial charge in [-0.15, -0.1) is 0 Å². The number of hydrogen-bond donors (Lipinski definition) is 0. The van der Waals surface area contributed by atoms with E-state index >= 15 is 0 Å². The van der Waals surface area contributed by atoms with Crippen molar-refractivity contribution in [2.45, 2.75) is 0 Å². The highest BCUT2D eigenvalue weighted by Crippen LogP contribution is 2.02. The van der Waals surface area contributed by atoms with Gasteiger partial charge in [0.15, 0.2) is 10.1 Å². The Morgan fingerprint density at radius 2 is 2.38 bits per heavy atom. The molecule has 0 atom stereocenters. The van der Waals surface area contributed by atoms with Crippen LogP contribution in [0.15, 0.2) is 32.3 Å².